The summed E-state index contributed by atoms with van der Waals surface area (Å²) in [6.07, 6.45) is 0. The normalized spacial score (nSPS) is 13.1. The van der Waals surface area contributed by atoms with E-state index < -0.39 is 0 Å². The summed E-state index contributed by atoms with van der Waals surface area (Å²) in [4.78, 5) is 2.37. The van der Waals surface area contributed by atoms with Crippen molar-refractivity contribution >= 4 is 49.8 Å². The third kappa shape index (κ3) is 4.64. The van der Waals surface area contributed by atoms with E-state index in [0.717, 1.165) is 50.1 Å². The Bertz CT molecular complexity index is 2760. The van der Waals surface area contributed by atoms with E-state index >= 15 is 0 Å². The van der Waals surface area contributed by atoms with Crippen molar-refractivity contribution in [2.75, 3.05) is 4.90 Å². The largest absolute Gasteiger partial charge is 0.455 e. The number of hydrogen-bond acceptors (Lipinski definition) is 2. The lowest BCUT2D eigenvalue weighted by Crippen LogP contribution is -2.16. The Morgan fingerprint density at radius 3 is 1.84 bits per heavy atom. The quantitative estimate of drug-likeness (QED) is 0.184. The first-order valence-corrected chi connectivity index (χ1v) is 17.7. The predicted octanol–water partition coefficient (Wildman–Crippen LogP) is 13.8. The second-order valence-electron chi connectivity index (χ2n) is 14.1. The van der Waals surface area contributed by atoms with Gasteiger partial charge in [0, 0.05) is 44.9 Å². The Kier molecular flexibility index (Phi) is 6.56. The Morgan fingerprint density at radius 2 is 1.04 bits per heavy atom. The molecule has 0 amide bonds. The van der Waals surface area contributed by atoms with Gasteiger partial charge in [-0.25, -0.2) is 0 Å². The van der Waals surface area contributed by atoms with Gasteiger partial charge in [-0.1, -0.05) is 141 Å². The molecule has 0 radical (unpaired) electrons. The van der Waals surface area contributed by atoms with Crippen LogP contribution in [0.2, 0.25) is 0 Å². The fourth-order valence-corrected chi connectivity index (χ4v) is 8.31. The maximum Gasteiger partial charge on any atom is 0.143 e. The molecule has 0 fully saturated rings. The van der Waals surface area contributed by atoms with Crippen molar-refractivity contribution in [3.05, 3.63) is 187 Å². The van der Waals surface area contributed by atoms with Crippen molar-refractivity contribution in [1.82, 2.24) is 0 Å². The van der Waals surface area contributed by atoms with E-state index in [4.69, 9.17) is 4.42 Å². The van der Waals surface area contributed by atoms with E-state index in [9.17, 15) is 0 Å². The van der Waals surface area contributed by atoms with E-state index in [2.05, 4.69) is 195 Å². The fourth-order valence-electron chi connectivity index (χ4n) is 8.31. The molecular formula is C49H35NO. The van der Waals surface area contributed by atoms with Gasteiger partial charge in [-0.05, 0) is 92.2 Å². The molecule has 0 spiro atoms. The number of anilines is 3. The fraction of sp³-hybridized carbons (Fsp3) is 0.0612. The average Bonchev–Trinajstić information content (AvgIpc) is 3.65. The monoisotopic (exact) mass is 653 g/mol. The number of hydrogen-bond donors (Lipinski definition) is 0. The van der Waals surface area contributed by atoms with Gasteiger partial charge in [-0.15, -0.1) is 0 Å². The van der Waals surface area contributed by atoms with E-state index in [1.54, 1.807) is 0 Å². The van der Waals surface area contributed by atoms with Crippen molar-refractivity contribution in [2.45, 2.75) is 19.3 Å². The van der Waals surface area contributed by atoms with E-state index in [0.29, 0.717) is 0 Å². The number of benzene rings is 8. The molecule has 0 saturated carbocycles. The molecule has 0 atom stereocenters. The molecule has 0 N–H and O–H groups in total. The molecule has 1 aliphatic rings. The number of furan rings is 1. The van der Waals surface area contributed by atoms with Crippen LogP contribution in [-0.2, 0) is 5.41 Å². The zero-order valence-electron chi connectivity index (χ0n) is 28.6. The summed E-state index contributed by atoms with van der Waals surface area (Å²) in [7, 11) is 0. The molecule has 1 aromatic heterocycles. The van der Waals surface area contributed by atoms with Gasteiger partial charge in [0.25, 0.3) is 0 Å². The summed E-state index contributed by atoms with van der Waals surface area (Å²) >= 11 is 0. The minimum absolute atomic E-state index is 0.108. The van der Waals surface area contributed by atoms with Crippen LogP contribution in [0, 0.1) is 0 Å². The summed E-state index contributed by atoms with van der Waals surface area (Å²) < 4.78 is 6.91. The number of rotatable bonds is 5. The van der Waals surface area contributed by atoms with E-state index in [1.807, 2.05) is 0 Å². The number of fused-ring (bicyclic) bond motifs is 7. The maximum absolute atomic E-state index is 6.91. The zero-order valence-corrected chi connectivity index (χ0v) is 28.6. The minimum atomic E-state index is -0.108. The molecular weight excluding hydrogens is 619 g/mol. The number of nitrogens with zero attached hydrogens (tertiary/aromatic N) is 1. The molecule has 9 aromatic rings. The molecule has 10 rings (SSSR count). The molecule has 2 nitrogen and oxygen atoms in total. The first kappa shape index (κ1) is 29.5. The van der Waals surface area contributed by atoms with Gasteiger partial charge in [0.15, 0.2) is 0 Å². The van der Waals surface area contributed by atoms with Crippen molar-refractivity contribution in [2.24, 2.45) is 0 Å². The summed E-state index contributed by atoms with van der Waals surface area (Å²) in [6.45, 7) is 4.68. The van der Waals surface area contributed by atoms with E-state index in [-0.39, 0.29) is 5.41 Å². The summed E-state index contributed by atoms with van der Waals surface area (Å²) in [5.41, 5.74) is 15.0. The van der Waals surface area contributed by atoms with Gasteiger partial charge in [0.1, 0.15) is 11.2 Å². The summed E-state index contributed by atoms with van der Waals surface area (Å²) in [5, 5.41) is 4.64. The molecule has 1 heterocycles. The van der Waals surface area contributed by atoms with Crippen molar-refractivity contribution in [1.29, 1.82) is 0 Å². The van der Waals surface area contributed by atoms with Crippen LogP contribution >= 0.6 is 0 Å². The van der Waals surface area contributed by atoms with Gasteiger partial charge in [0.05, 0.1) is 0 Å². The Labute approximate surface area is 297 Å². The molecule has 0 unspecified atom stereocenters. The lowest BCUT2D eigenvalue weighted by atomic mass is 9.82. The van der Waals surface area contributed by atoms with Crippen molar-refractivity contribution in [3.63, 3.8) is 0 Å². The Hall–Kier alpha value is -6.38. The molecule has 8 aromatic carbocycles. The van der Waals surface area contributed by atoms with Crippen molar-refractivity contribution in [3.8, 4) is 33.4 Å². The Balaban J connectivity index is 1.17. The first-order valence-electron chi connectivity index (χ1n) is 17.7. The molecule has 51 heavy (non-hydrogen) atoms. The van der Waals surface area contributed by atoms with Crippen LogP contribution in [0.5, 0.6) is 0 Å². The lowest BCUT2D eigenvalue weighted by Gasteiger charge is -2.28. The van der Waals surface area contributed by atoms with Crippen LogP contribution in [-0.4, -0.2) is 0 Å². The van der Waals surface area contributed by atoms with Gasteiger partial charge < -0.3 is 9.32 Å². The van der Waals surface area contributed by atoms with Gasteiger partial charge in [-0.3, -0.25) is 0 Å². The molecule has 1 aliphatic carbocycles. The third-order valence-corrected chi connectivity index (χ3v) is 10.8. The molecule has 2 heteroatoms. The highest BCUT2D eigenvalue weighted by molar-refractivity contribution is 6.18. The average molecular weight is 654 g/mol. The van der Waals surface area contributed by atoms with Crippen LogP contribution in [0.25, 0.3) is 66.1 Å². The topological polar surface area (TPSA) is 16.4 Å². The highest BCUT2D eigenvalue weighted by Gasteiger charge is 2.35. The first-order chi connectivity index (χ1) is 25.0. The second-order valence-corrected chi connectivity index (χ2v) is 14.1. The molecule has 0 saturated heterocycles. The highest BCUT2D eigenvalue weighted by atomic mass is 16.3. The highest BCUT2D eigenvalue weighted by Crippen LogP contribution is 2.51. The standard InChI is InChI=1S/C49H35NO/c1-49(2)44-20-12-11-19-40(44)41-27-25-37(30-45(41)49)50(36-23-21-33(22-24-36)32-13-5-3-6-14-32)38-26-28-42-43-29-35-17-9-10-18-39(35)47(34-15-7-4-8-16-34)48(43)51-46(42)31-38/h3-31H,1-2H3. The molecule has 0 bridgehead atoms. The zero-order chi connectivity index (χ0) is 34.1. The van der Waals surface area contributed by atoms with Gasteiger partial charge in [0.2, 0.25) is 0 Å². The third-order valence-electron chi connectivity index (χ3n) is 10.8. The lowest BCUT2D eigenvalue weighted by molar-refractivity contribution is 0.660. The van der Waals surface area contributed by atoms with Gasteiger partial charge >= 0.3 is 0 Å². The predicted molar refractivity (Wildman–Crippen MR) is 214 cm³/mol. The van der Waals surface area contributed by atoms with Crippen LogP contribution in [0.4, 0.5) is 17.1 Å². The molecule has 0 aliphatic heterocycles. The van der Waals surface area contributed by atoms with Crippen LogP contribution in [0.1, 0.15) is 25.0 Å². The second kappa shape index (κ2) is 11.3. The van der Waals surface area contributed by atoms with Crippen LogP contribution in [0.15, 0.2) is 180 Å². The maximum atomic E-state index is 6.91. The molecule has 242 valence electrons. The van der Waals surface area contributed by atoms with Crippen LogP contribution in [0.3, 0.4) is 0 Å². The van der Waals surface area contributed by atoms with Gasteiger partial charge in [-0.2, -0.15) is 0 Å². The summed E-state index contributed by atoms with van der Waals surface area (Å²) in [5.74, 6) is 0. The SMILES string of the molecule is CC1(C)c2ccccc2-c2ccc(N(c3ccc(-c4ccccc4)cc3)c3ccc4c(c3)oc3c(-c5ccccc5)c5ccccc5cc34)cc21. The summed E-state index contributed by atoms with van der Waals surface area (Å²) in [6, 6.07) is 63.5. The smallest absolute Gasteiger partial charge is 0.143 e. The van der Waals surface area contributed by atoms with E-state index in [1.165, 1.54) is 44.2 Å². The van der Waals surface area contributed by atoms with Crippen molar-refractivity contribution < 1.29 is 4.42 Å². The Morgan fingerprint density at radius 1 is 0.431 bits per heavy atom. The van der Waals surface area contributed by atoms with Crippen LogP contribution < -0.4 is 4.90 Å². The minimum Gasteiger partial charge on any atom is -0.455 e.